The highest BCUT2D eigenvalue weighted by atomic mass is 16.2. The Hall–Kier alpha value is -2.86. The predicted molar refractivity (Wildman–Crippen MR) is 109 cm³/mol. The summed E-state index contributed by atoms with van der Waals surface area (Å²) in [5.74, 6) is 0.0808. The number of benzene rings is 1. The van der Waals surface area contributed by atoms with Crippen molar-refractivity contribution in [1.82, 2.24) is 24.8 Å². The van der Waals surface area contributed by atoms with E-state index >= 15 is 0 Å². The Bertz CT molecular complexity index is 946. The number of aromatic nitrogens is 3. The van der Waals surface area contributed by atoms with Crippen molar-refractivity contribution in [1.29, 1.82) is 0 Å². The van der Waals surface area contributed by atoms with E-state index in [4.69, 9.17) is 0 Å². The number of likely N-dealkylation sites (N-methyl/N-ethyl adjacent to an activating group) is 1. The molecule has 1 saturated heterocycles. The lowest BCUT2D eigenvalue weighted by atomic mass is 10.0. The van der Waals surface area contributed by atoms with Gasteiger partial charge in [0.1, 0.15) is 0 Å². The summed E-state index contributed by atoms with van der Waals surface area (Å²) < 4.78 is 0. The van der Waals surface area contributed by atoms with Gasteiger partial charge in [-0.25, -0.2) is 0 Å². The van der Waals surface area contributed by atoms with E-state index in [1.54, 1.807) is 12.4 Å². The van der Waals surface area contributed by atoms with Gasteiger partial charge >= 0.3 is 0 Å². The number of piperidine rings is 1. The van der Waals surface area contributed by atoms with Crippen LogP contribution in [0.25, 0.3) is 11.0 Å². The van der Waals surface area contributed by atoms with E-state index in [9.17, 15) is 4.79 Å². The molecule has 4 rings (SSSR count). The maximum absolute atomic E-state index is 13.1. The minimum absolute atomic E-state index is 0.0808. The van der Waals surface area contributed by atoms with Crippen molar-refractivity contribution in [2.45, 2.75) is 32.4 Å². The van der Waals surface area contributed by atoms with Gasteiger partial charge in [0.25, 0.3) is 5.91 Å². The molecule has 0 bridgehead atoms. The summed E-state index contributed by atoms with van der Waals surface area (Å²) in [4.78, 5) is 30.3. The second-order valence-electron chi connectivity index (χ2n) is 7.23. The molecule has 1 fully saturated rings. The van der Waals surface area contributed by atoms with Crippen LogP contribution >= 0.6 is 0 Å². The van der Waals surface area contributed by atoms with Crippen molar-refractivity contribution >= 4 is 16.9 Å². The molecule has 144 valence electrons. The number of rotatable bonds is 5. The van der Waals surface area contributed by atoms with Crippen LogP contribution in [0.5, 0.6) is 0 Å². The van der Waals surface area contributed by atoms with Crippen molar-refractivity contribution in [2.75, 3.05) is 19.6 Å². The first-order valence-corrected chi connectivity index (χ1v) is 9.87. The second kappa shape index (κ2) is 8.44. The SMILES string of the molecule is CCN(Cc1ccncc1)[C@@H]1CCCN(C(=O)c2ccc3nccnc3c2)C1. The zero-order chi connectivity index (χ0) is 19.3. The zero-order valence-electron chi connectivity index (χ0n) is 16.2. The van der Waals surface area contributed by atoms with Crippen molar-refractivity contribution in [3.05, 3.63) is 66.2 Å². The molecular weight excluding hydrogens is 350 g/mol. The monoisotopic (exact) mass is 375 g/mol. The quantitative estimate of drug-likeness (QED) is 0.685. The first kappa shape index (κ1) is 18.5. The number of amides is 1. The molecule has 1 aromatic carbocycles. The van der Waals surface area contributed by atoms with E-state index in [1.165, 1.54) is 5.56 Å². The number of nitrogens with zero attached hydrogens (tertiary/aromatic N) is 5. The van der Waals surface area contributed by atoms with E-state index < -0.39 is 0 Å². The number of carbonyl (C=O) groups is 1. The second-order valence-corrected chi connectivity index (χ2v) is 7.23. The minimum atomic E-state index is 0.0808. The van der Waals surface area contributed by atoms with Crippen LogP contribution in [0.3, 0.4) is 0 Å². The third-order valence-electron chi connectivity index (χ3n) is 5.46. The summed E-state index contributed by atoms with van der Waals surface area (Å²) >= 11 is 0. The lowest BCUT2D eigenvalue weighted by molar-refractivity contribution is 0.0569. The Kier molecular flexibility index (Phi) is 5.58. The van der Waals surface area contributed by atoms with Gasteiger partial charge in [-0.1, -0.05) is 6.92 Å². The molecule has 0 N–H and O–H groups in total. The minimum Gasteiger partial charge on any atom is -0.337 e. The molecule has 0 unspecified atom stereocenters. The standard InChI is InChI=1S/C22H25N5O/c1-2-26(15-17-7-9-23-10-8-17)19-4-3-13-27(16-19)22(28)18-5-6-20-21(14-18)25-12-11-24-20/h5-12,14,19H,2-4,13,15-16H2,1H3/t19-/m1/s1. The van der Waals surface area contributed by atoms with Crippen molar-refractivity contribution in [2.24, 2.45) is 0 Å². The first-order valence-electron chi connectivity index (χ1n) is 9.87. The molecule has 6 nitrogen and oxygen atoms in total. The van der Waals surface area contributed by atoms with Crippen LogP contribution in [0.2, 0.25) is 0 Å². The Labute approximate surface area is 165 Å². The van der Waals surface area contributed by atoms with E-state index in [2.05, 4.69) is 38.9 Å². The van der Waals surface area contributed by atoms with Crippen molar-refractivity contribution in [3.63, 3.8) is 0 Å². The Morgan fingerprint density at radius 1 is 1.11 bits per heavy atom. The molecule has 3 heterocycles. The summed E-state index contributed by atoms with van der Waals surface area (Å²) in [6.07, 6.45) is 9.14. The molecule has 1 atom stereocenters. The molecule has 1 amide bonds. The van der Waals surface area contributed by atoms with Crippen LogP contribution in [0.15, 0.2) is 55.1 Å². The molecule has 0 radical (unpaired) electrons. The van der Waals surface area contributed by atoms with E-state index in [0.717, 1.165) is 50.1 Å². The molecule has 0 aliphatic carbocycles. The topological polar surface area (TPSA) is 62.2 Å². The average molecular weight is 375 g/mol. The Morgan fingerprint density at radius 2 is 1.89 bits per heavy atom. The normalized spacial score (nSPS) is 17.2. The van der Waals surface area contributed by atoms with Gasteiger partial charge < -0.3 is 4.90 Å². The van der Waals surface area contributed by atoms with Crippen LogP contribution in [-0.2, 0) is 6.54 Å². The fourth-order valence-electron chi connectivity index (χ4n) is 3.94. The number of pyridine rings is 1. The van der Waals surface area contributed by atoms with Gasteiger partial charge in [-0.3, -0.25) is 24.6 Å². The van der Waals surface area contributed by atoms with Gasteiger partial charge in [0.2, 0.25) is 0 Å². The van der Waals surface area contributed by atoms with Crippen LogP contribution in [0.4, 0.5) is 0 Å². The Balaban J connectivity index is 1.48. The smallest absolute Gasteiger partial charge is 0.253 e. The first-order chi connectivity index (χ1) is 13.7. The van der Waals surface area contributed by atoms with Crippen LogP contribution in [0, 0.1) is 0 Å². The molecule has 28 heavy (non-hydrogen) atoms. The van der Waals surface area contributed by atoms with Crippen LogP contribution in [-0.4, -0.2) is 56.3 Å². The van der Waals surface area contributed by atoms with Crippen molar-refractivity contribution in [3.8, 4) is 0 Å². The fraction of sp³-hybridized carbons (Fsp3) is 0.364. The lowest BCUT2D eigenvalue weighted by Gasteiger charge is -2.39. The molecule has 1 aliphatic heterocycles. The molecule has 0 saturated carbocycles. The molecule has 3 aromatic rings. The third-order valence-corrected chi connectivity index (χ3v) is 5.46. The molecule has 6 heteroatoms. The van der Waals surface area contributed by atoms with Gasteiger partial charge in [-0.05, 0) is 55.3 Å². The lowest BCUT2D eigenvalue weighted by Crippen LogP contribution is -2.49. The molecule has 1 aliphatic rings. The summed E-state index contributed by atoms with van der Waals surface area (Å²) in [5, 5.41) is 0. The maximum Gasteiger partial charge on any atom is 0.253 e. The number of fused-ring (bicyclic) bond motifs is 1. The third kappa shape index (κ3) is 4.02. The Morgan fingerprint density at radius 3 is 2.68 bits per heavy atom. The van der Waals surface area contributed by atoms with Crippen LogP contribution < -0.4 is 0 Å². The largest absolute Gasteiger partial charge is 0.337 e. The predicted octanol–water partition coefficient (Wildman–Crippen LogP) is 3.15. The molecule has 2 aromatic heterocycles. The molecule has 0 spiro atoms. The van der Waals surface area contributed by atoms with E-state index in [-0.39, 0.29) is 5.91 Å². The van der Waals surface area contributed by atoms with Gasteiger partial charge in [-0.2, -0.15) is 0 Å². The van der Waals surface area contributed by atoms with Gasteiger partial charge in [0, 0.05) is 56.0 Å². The number of hydrogen-bond acceptors (Lipinski definition) is 5. The summed E-state index contributed by atoms with van der Waals surface area (Å²) in [7, 11) is 0. The maximum atomic E-state index is 13.1. The number of hydrogen-bond donors (Lipinski definition) is 0. The average Bonchev–Trinajstić information content (AvgIpc) is 2.77. The fourth-order valence-corrected chi connectivity index (χ4v) is 3.94. The van der Waals surface area contributed by atoms with Crippen molar-refractivity contribution < 1.29 is 4.79 Å². The van der Waals surface area contributed by atoms with Gasteiger partial charge in [-0.15, -0.1) is 0 Å². The summed E-state index contributed by atoms with van der Waals surface area (Å²) in [6, 6.07) is 10.1. The van der Waals surface area contributed by atoms with Gasteiger partial charge in [0.15, 0.2) is 0 Å². The van der Waals surface area contributed by atoms with E-state index in [1.807, 2.05) is 35.5 Å². The van der Waals surface area contributed by atoms with E-state index in [0.29, 0.717) is 11.6 Å². The zero-order valence-corrected chi connectivity index (χ0v) is 16.2. The highest BCUT2D eigenvalue weighted by Crippen LogP contribution is 2.21. The van der Waals surface area contributed by atoms with Crippen LogP contribution in [0.1, 0.15) is 35.7 Å². The number of carbonyl (C=O) groups excluding carboxylic acids is 1. The molecular formula is C22H25N5O. The number of likely N-dealkylation sites (tertiary alicyclic amines) is 1. The highest BCUT2D eigenvalue weighted by molar-refractivity contribution is 5.97. The summed E-state index contributed by atoms with van der Waals surface area (Å²) in [5.41, 5.74) is 3.51. The van der Waals surface area contributed by atoms with Gasteiger partial charge in [0.05, 0.1) is 11.0 Å². The highest BCUT2D eigenvalue weighted by Gasteiger charge is 2.28. The summed E-state index contributed by atoms with van der Waals surface area (Å²) in [6.45, 7) is 5.60.